The first kappa shape index (κ1) is 22.2. The molecule has 0 saturated heterocycles. The van der Waals surface area contributed by atoms with Gasteiger partial charge in [-0.05, 0) is 12.8 Å². The standard InChI is InChI=1S/C22H20.2ClH.Zr/c1-15-17(13-19-7-3-5-9-21(15)19)11-12-18-14-20-8-4-6-10-22(20)16(18)2;;;/h3-10,13-14H,11-12H2,1-2H3;2*1H;/q-2;;;+4/p-2. The Morgan fingerprint density at radius 3 is 1.36 bits per heavy atom. The number of fused-ring (bicyclic) bond motifs is 2. The summed E-state index contributed by atoms with van der Waals surface area (Å²) in [7, 11) is 0. The Bertz CT molecular complexity index is 883. The van der Waals surface area contributed by atoms with Gasteiger partial charge < -0.3 is 24.8 Å². The molecule has 25 heavy (non-hydrogen) atoms. The second-order valence-corrected chi connectivity index (χ2v) is 6.26. The molecule has 3 heteroatoms. The van der Waals surface area contributed by atoms with Crippen LogP contribution in [-0.2, 0) is 39.0 Å². The van der Waals surface area contributed by atoms with Gasteiger partial charge >= 0.3 is 26.2 Å². The van der Waals surface area contributed by atoms with Crippen molar-refractivity contribution >= 4 is 21.5 Å². The molecular weight excluding hydrogens is 426 g/mol. The molecule has 0 bridgehead atoms. The molecule has 4 aromatic carbocycles. The second kappa shape index (κ2) is 9.17. The maximum absolute atomic E-state index is 2.36. The van der Waals surface area contributed by atoms with Gasteiger partial charge in [0.15, 0.2) is 0 Å². The van der Waals surface area contributed by atoms with Crippen LogP contribution in [0.15, 0.2) is 60.7 Å². The summed E-state index contributed by atoms with van der Waals surface area (Å²) in [5.41, 5.74) is 5.88. The molecule has 0 nitrogen and oxygen atoms in total. The Hall–Kier alpha value is -0.877. The van der Waals surface area contributed by atoms with Gasteiger partial charge in [-0.3, -0.25) is 0 Å². The molecule has 0 aliphatic heterocycles. The summed E-state index contributed by atoms with van der Waals surface area (Å²) in [4.78, 5) is 0. The molecule has 0 heterocycles. The molecule has 0 unspecified atom stereocenters. The van der Waals surface area contributed by atoms with Gasteiger partial charge in [0.2, 0.25) is 0 Å². The van der Waals surface area contributed by atoms with Crippen molar-refractivity contribution in [3.8, 4) is 0 Å². The number of rotatable bonds is 3. The van der Waals surface area contributed by atoms with E-state index in [4.69, 9.17) is 0 Å². The Morgan fingerprint density at radius 1 is 0.640 bits per heavy atom. The summed E-state index contributed by atoms with van der Waals surface area (Å²) in [6, 6.07) is 22.1. The van der Waals surface area contributed by atoms with Crippen molar-refractivity contribution in [2.75, 3.05) is 0 Å². The number of hydrogen-bond donors (Lipinski definition) is 0. The minimum atomic E-state index is 0. The molecule has 0 aliphatic carbocycles. The molecule has 0 N–H and O–H groups in total. The van der Waals surface area contributed by atoms with Crippen molar-refractivity contribution in [1.82, 2.24) is 0 Å². The Labute approximate surface area is 181 Å². The molecular formula is C22H20Cl2Zr. The first-order chi connectivity index (χ1) is 10.7. The van der Waals surface area contributed by atoms with Crippen LogP contribution in [0.4, 0.5) is 0 Å². The fourth-order valence-corrected chi connectivity index (χ4v) is 3.66. The largest absolute Gasteiger partial charge is 4.00 e. The minimum absolute atomic E-state index is 0. The van der Waals surface area contributed by atoms with Crippen LogP contribution in [0, 0.1) is 13.8 Å². The number of hydrogen-bond acceptors (Lipinski definition) is 0. The average Bonchev–Trinajstić information content (AvgIpc) is 3.04. The van der Waals surface area contributed by atoms with Crippen molar-refractivity contribution < 1.29 is 51.0 Å². The molecule has 0 saturated carbocycles. The summed E-state index contributed by atoms with van der Waals surface area (Å²) in [6.07, 6.45) is 2.25. The van der Waals surface area contributed by atoms with Crippen LogP contribution in [0.2, 0.25) is 0 Å². The molecule has 0 atom stereocenters. The molecule has 0 amide bonds. The van der Waals surface area contributed by atoms with E-state index in [0.717, 1.165) is 12.8 Å². The molecule has 0 aromatic heterocycles. The fourth-order valence-electron chi connectivity index (χ4n) is 3.66. The monoisotopic (exact) mass is 444 g/mol. The first-order valence-corrected chi connectivity index (χ1v) is 8.02. The van der Waals surface area contributed by atoms with Crippen molar-refractivity contribution in [2.24, 2.45) is 0 Å². The van der Waals surface area contributed by atoms with Gasteiger partial charge in [0.1, 0.15) is 0 Å². The Kier molecular flexibility index (Phi) is 8.13. The van der Waals surface area contributed by atoms with Crippen molar-refractivity contribution in [3.63, 3.8) is 0 Å². The maximum atomic E-state index is 2.36. The van der Waals surface area contributed by atoms with E-state index in [1.54, 1.807) is 0 Å². The number of aryl methyl sites for hydroxylation is 4. The van der Waals surface area contributed by atoms with Gasteiger partial charge in [-0.1, -0.05) is 26.0 Å². The van der Waals surface area contributed by atoms with Crippen molar-refractivity contribution in [3.05, 3.63) is 82.9 Å². The fraction of sp³-hybridized carbons (Fsp3) is 0.182. The topological polar surface area (TPSA) is 0 Å². The Morgan fingerprint density at radius 2 is 1.00 bits per heavy atom. The normalized spacial score (nSPS) is 10.2. The van der Waals surface area contributed by atoms with Crippen LogP contribution in [0.5, 0.6) is 0 Å². The maximum Gasteiger partial charge on any atom is 4.00 e. The molecule has 4 rings (SSSR count). The first-order valence-electron chi connectivity index (χ1n) is 8.02. The van der Waals surface area contributed by atoms with Crippen molar-refractivity contribution in [2.45, 2.75) is 26.7 Å². The van der Waals surface area contributed by atoms with E-state index in [2.05, 4.69) is 74.5 Å². The van der Waals surface area contributed by atoms with Gasteiger partial charge in [-0.15, -0.1) is 81.2 Å². The third kappa shape index (κ3) is 4.11. The van der Waals surface area contributed by atoms with Gasteiger partial charge in [-0.2, -0.15) is 11.1 Å². The smallest absolute Gasteiger partial charge is 1.00 e. The van der Waals surface area contributed by atoms with Crippen LogP contribution < -0.4 is 24.8 Å². The van der Waals surface area contributed by atoms with E-state index in [9.17, 15) is 0 Å². The molecule has 126 valence electrons. The van der Waals surface area contributed by atoms with E-state index in [1.165, 1.54) is 43.8 Å². The zero-order valence-corrected chi connectivity index (χ0v) is 18.4. The van der Waals surface area contributed by atoms with Gasteiger partial charge in [-0.25, -0.2) is 0 Å². The van der Waals surface area contributed by atoms with E-state index in [-0.39, 0.29) is 51.0 Å². The second-order valence-electron chi connectivity index (χ2n) is 6.26. The van der Waals surface area contributed by atoms with Crippen LogP contribution >= 0.6 is 0 Å². The van der Waals surface area contributed by atoms with Gasteiger partial charge in [0, 0.05) is 0 Å². The quantitative estimate of drug-likeness (QED) is 0.384. The predicted molar refractivity (Wildman–Crippen MR) is 96.0 cm³/mol. The summed E-state index contributed by atoms with van der Waals surface area (Å²) < 4.78 is 0. The van der Waals surface area contributed by atoms with Crippen LogP contribution in [0.1, 0.15) is 22.3 Å². The summed E-state index contributed by atoms with van der Waals surface area (Å²) in [6.45, 7) is 4.51. The van der Waals surface area contributed by atoms with E-state index < -0.39 is 0 Å². The molecule has 0 aliphatic rings. The summed E-state index contributed by atoms with van der Waals surface area (Å²) in [5.74, 6) is 0. The predicted octanol–water partition coefficient (Wildman–Crippen LogP) is -0.162. The molecule has 4 aromatic rings. The van der Waals surface area contributed by atoms with Crippen LogP contribution in [0.3, 0.4) is 0 Å². The minimum Gasteiger partial charge on any atom is -1.00 e. The average molecular weight is 447 g/mol. The van der Waals surface area contributed by atoms with Gasteiger partial charge in [0.05, 0.1) is 0 Å². The third-order valence-corrected chi connectivity index (χ3v) is 5.02. The van der Waals surface area contributed by atoms with E-state index >= 15 is 0 Å². The summed E-state index contributed by atoms with van der Waals surface area (Å²) >= 11 is 0. The Balaban J connectivity index is 0.00000104. The van der Waals surface area contributed by atoms with Crippen LogP contribution in [0.25, 0.3) is 21.5 Å². The van der Waals surface area contributed by atoms with Crippen LogP contribution in [-0.4, -0.2) is 0 Å². The SMILES string of the molecule is Cc1c(CCc2[cH-]c3ccccc3c2C)[cH-]c2ccccc12.[Cl-].[Cl-].[Zr+4]. The molecule has 0 radical (unpaired) electrons. The third-order valence-electron chi connectivity index (χ3n) is 5.02. The number of halogens is 2. The van der Waals surface area contributed by atoms with E-state index in [1.807, 2.05) is 0 Å². The number of benzene rings is 2. The van der Waals surface area contributed by atoms with E-state index in [0.29, 0.717) is 0 Å². The summed E-state index contributed by atoms with van der Waals surface area (Å²) in [5, 5.41) is 5.56. The molecule has 0 fully saturated rings. The zero-order valence-electron chi connectivity index (χ0n) is 14.4. The van der Waals surface area contributed by atoms with Gasteiger partial charge in [0.25, 0.3) is 0 Å². The van der Waals surface area contributed by atoms with Crippen molar-refractivity contribution in [1.29, 1.82) is 0 Å². The molecule has 0 spiro atoms. The zero-order chi connectivity index (χ0) is 15.1.